The van der Waals surface area contributed by atoms with E-state index in [9.17, 15) is 9.59 Å². The maximum atomic E-state index is 14.1. The van der Waals surface area contributed by atoms with Gasteiger partial charge in [0.1, 0.15) is 5.69 Å². The van der Waals surface area contributed by atoms with Gasteiger partial charge in [0.15, 0.2) is 5.82 Å². The second kappa shape index (κ2) is 11.4. The van der Waals surface area contributed by atoms with E-state index in [-0.39, 0.29) is 29.7 Å². The first-order chi connectivity index (χ1) is 19.2. The van der Waals surface area contributed by atoms with E-state index in [1.165, 1.54) is 0 Å². The lowest BCUT2D eigenvalue weighted by Gasteiger charge is -2.32. The Kier molecular flexibility index (Phi) is 7.34. The summed E-state index contributed by atoms with van der Waals surface area (Å²) in [5.74, 6) is 0.604. The second-order valence-electron chi connectivity index (χ2n) is 10.6. The Balaban J connectivity index is 1.30. The van der Waals surface area contributed by atoms with Gasteiger partial charge >= 0.3 is 0 Å². The highest BCUT2D eigenvalue weighted by molar-refractivity contribution is 6.05. The molecule has 1 aliphatic heterocycles. The van der Waals surface area contributed by atoms with Crippen LogP contribution in [0.4, 0.5) is 0 Å². The molecule has 1 N–H and O–H groups in total. The first kappa shape index (κ1) is 25.2. The third kappa shape index (κ3) is 5.41. The molecule has 8 heteroatoms. The summed E-state index contributed by atoms with van der Waals surface area (Å²) in [6.07, 6.45) is 7.31. The molecule has 0 radical (unpaired) electrons. The maximum Gasteiger partial charge on any atom is 0.273 e. The van der Waals surface area contributed by atoms with Gasteiger partial charge in [0.2, 0.25) is 11.8 Å². The van der Waals surface area contributed by atoms with Crippen molar-refractivity contribution in [2.75, 3.05) is 13.1 Å². The average molecular weight is 524 g/mol. The molecule has 3 heterocycles. The highest BCUT2D eigenvalue weighted by Gasteiger charge is 2.46. The fourth-order valence-corrected chi connectivity index (χ4v) is 6.07. The molecule has 0 bridgehead atoms. The lowest BCUT2D eigenvalue weighted by atomic mass is 9.99. The highest BCUT2D eigenvalue weighted by atomic mass is 16.5. The van der Waals surface area contributed by atoms with Crippen molar-refractivity contribution in [2.45, 2.75) is 56.9 Å². The Morgan fingerprint density at radius 3 is 2.69 bits per heavy atom. The molecule has 200 valence electrons. The molecule has 1 saturated carbocycles. The van der Waals surface area contributed by atoms with E-state index in [2.05, 4.69) is 15.5 Å². The number of rotatable bonds is 4. The summed E-state index contributed by atoms with van der Waals surface area (Å²) in [6, 6.07) is 19.5. The summed E-state index contributed by atoms with van der Waals surface area (Å²) in [5.41, 5.74) is 1.55. The number of benzene rings is 2. The minimum absolute atomic E-state index is 0.00268. The molecule has 1 saturated heterocycles. The Hall–Kier alpha value is -4.07. The predicted molar refractivity (Wildman–Crippen MR) is 147 cm³/mol. The zero-order valence-corrected chi connectivity index (χ0v) is 22.0. The summed E-state index contributed by atoms with van der Waals surface area (Å²) in [5, 5.41) is 9.17. The largest absolute Gasteiger partial charge is 0.356 e. The van der Waals surface area contributed by atoms with Crippen molar-refractivity contribution in [3.8, 4) is 0 Å². The van der Waals surface area contributed by atoms with Crippen LogP contribution in [0.5, 0.6) is 0 Å². The topological polar surface area (TPSA) is 101 Å². The maximum absolute atomic E-state index is 14.1. The summed E-state index contributed by atoms with van der Waals surface area (Å²) >= 11 is 0. The lowest BCUT2D eigenvalue weighted by molar-refractivity contribution is -0.126. The normalized spacial score (nSPS) is 22.2. The first-order valence-electron chi connectivity index (χ1n) is 14.0. The fraction of sp³-hybridized carbons (Fsp3) is 0.387. The second-order valence-corrected chi connectivity index (χ2v) is 10.6. The van der Waals surface area contributed by atoms with Crippen LogP contribution >= 0.6 is 0 Å². The molecule has 3 atom stereocenters. The molecule has 8 nitrogen and oxygen atoms in total. The van der Waals surface area contributed by atoms with Crippen LogP contribution in [0.15, 0.2) is 71.4 Å². The minimum atomic E-state index is -0.350. The van der Waals surface area contributed by atoms with Crippen molar-refractivity contribution >= 4 is 22.6 Å². The Morgan fingerprint density at radius 1 is 0.974 bits per heavy atom. The number of pyridine rings is 1. The van der Waals surface area contributed by atoms with Gasteiger partial charge < -0.3 is 14.7 Å². The van der Waals surface area contributed by atoms with Crippen LogP contribution in [0, 0.1) is 5.92 Å². The van der Waals surface area contributed by atoms with E-state index in [1.807, 2.05) is 65.6 Å². The van der Waals surface area contributed by atoms with Gasteiger partial charge in [-0.05, 0) is 42.7 Å². The summed E-state index contributed by atoms with van der Waals surface area (Å²) in [4.78, 5) is 38.7. The van der Waals surface area contributed by atoms with E-state index in [0.717, 1.165) is 42.0 Å². The van der Waals surface area contributed by atoms with Crippen molar-refractivity contribution < 1.29 is 14.1 Å². The van der Waals surface area contributed by atoms with Crippen molar-refractivity contribution in [2.24, 2.45) is 5.92 Å². The molecule has 2 amide bonds. The number of nitrogens with zero attached hydrogens (tertiary/aromatic N) is 4. The summed E-state index contributed by atoms with van der Waals surface area (Å²) < 4.78 is 5.72. The standard InChI is InChI=1S/C31H33N5O3/c37-29-25-19-23(30-34-27(35-39-30)18-21-10-4-3-5-11-21)20-26(25)36(17-9-2-1-8-15-33-29)31(38)28-24-13-7-6-12-22(24)14-16-32-28/h3-7,10-14,16,23,25-26H,1-2,8-9,15,17-20H2,(H,33,37)/t23-,25-,26+/m1/s1. The summed E-state index contributed by atoms with van der Waals surface area (Å²) in [6.45, 7) is 1.25. The third-order valence-corrected chi connectivity index (χ3v) is 8.07. The van der Waals surface area contributed by atoms with Gasteiger partial charge in [0, 0.05) is 43.1 Å². The minimum Gasteiger partial charge on any atom is -0.356 e. The van der Waals surface area contributed by atoms with E-state index < -0.39 is 0 Å². The fourth-order valence-electron chi connectivity index (χ4n) is 6.07. The van der Waals surface area contributed by atoms with E-state index >= 15 is 0 Å². The lowest BCUT2D eigenvalue weighted by Crippen LogP contribution is -2.47. The van der Waals surface area contributed by atoms with E-state index in [4.69, 9.17) is 9.51 Å². The van der Waals surface area contributed by atoms with Gasteiger partial charge in [0.05, 0.1) is 5.92 Å². The SMILES string of the molecule is O=C1NCCCCCCN(C(=O)c2nccc3ccccc23)[C@H]2C[C@H](c3nc(Cc4ccccc4)no3)C[C@@H]12. The van der Waals surface area contributed by atoms with Gasteiger partial charge in [-0.15, -0.1) is 0 Å². The number of carbonyl (C=O) groups is 2. The van der Waals surface area contributed by atoms with Gasteiger partial charge in [-0.2, -0.15) is 4.98 Å². The van der Waals surface area contributed by atoms with Gasteiger partial charge in [0.25, 0.3) is 5.91 Å². The van der Waals surface area contributed by atoms with Crippen LogP contribution in [0.3, 0.4) is 0 Å². The number of carbonyl (C=O) groups excluding carboxylic acids is 2. The third-order valence-electron chi connectivity index (χ3n) is 8.07. The monoisotopic (exact) mass is 523 g/mol. The van der Waals surface area contributed by atoms with Crippen molar-refractivity contribution in [1.82, 2.24) is 25.3 Å². The molecule has 0 spiro atoms. The average Bonchev–Trinajstić information content (AvgIpc) is 3.61. The Bertz CT molecular complexity index is 1450. The molecule has 2 aliphatic rings. The quantitative estimate of drug-likeness (QED) is 0.408. The molecule has 2 aromatic heterocycles. The number of hydrogen-bond acceptors (Lipinski definition) is 6. The highest BCUT2D eigenvalue weighted by Crippen LogP contribution is 2.41. The van der Waals surface area contributed by atoms with Crippen LogP contribution in [0.2, 0.25) is 0 Å². The van der Waals surface area contributed by atoms with Crippen LogP contribution in [0.1, 0.15) is 72.2 Å². The molecule has 2 fully saturated rings. The van der Waals surface area contributed by atoms with Crippen LogP contribution in [-0.4, -0.2) is 51.0 Å². The first-order valence-corrected chi connectivity index (χ1v) is 14.0. The van der Waals surface area contributed by atoms with Crippen LogP contribution in [0.25, 0.3) is 10.8 Å². The molecule has 1 aliphatic carbocycles. The number of hydrogen-bond donors (Lipinski definition) is 1. The predicted octanol–water partition coefficient (Wildman–Crippen LogP) is 4.90. The van der Waals surface area contributed by atoms with Crippen molar-refractivity contribution in [3.05, 3.63) is 89.8 Å². The van der Waals surface area contributed by atoms with Crippen molar-refractivity contribution in [1.29, 1.82) is 0 Å². The molecule has 39 heavy (non-hydrogen) atoms. The van der Waals surface area contributed by atoms with Crippen LogP contribution < -0.4 is 5.32 Å². The molecule has 2 aromatic carbocycles. The zero-order chi connectivity index (χ0) is 26.6. The van der Waals surface area contributed by atoms with Gasteiger partial charge in [-0.1, -0.05) is 72.6 Å². The summed E-state index contributed by atoms with van der Waals surface area (Å²) in [7, 11) is 0. The van der Waals surface area contributed by atoms with Gasteiger partial charge in [-0.3, -0.25) is 14.6 Å². The zero-order valence-electron chi connectivity index (χ0n) is 22.0. The van der Waals surface area contributed by atoms with Crippen molar-refractivity contribution in [3.63, 3.8) is 0 Å². The molecule has 6 rings (SSSR count). The van der Waals surface area contributed by atoms with Gasteiger partial charge in [-0.25, -0.2) is 0 Å². The number of amides is 2. The smallest absolute Gasteiger partial charge is 0.273 e. The number of nitrogens with one attached hydrogen (secondary N) is 1. The number of aromatic nitrogens is 3. The van der Waals surface area contributed by atoms with Crippen LogP contribution in [-0.2, 0) is 11.2 Å². The number of fused-ring (bicyclic) bond motifs is 2. The molecular weight excluding hydrogens is 490 g/mol. The van der Waals surface area contributed by atoms with E-state index in [0.29, 0.717) is 49.8 Å². The molecular formula is C31H33N5O3. The molecule has 4 aromatic rings. The Morgan fingerprint density at radius 2 is 1.79 bits per heavy atom. The van der Waals surface area contributed by atoms with E-state index in [1.54, 1.807) is 6.20 Å². The molecule has 0 unspecified atom stereocenters. The Labute approximate surface area is 227 Å².